The maximum Gasteiger partial charge on any atom is 0.253 e. The molecule has 0 aliphatic rings. The van der Waals surface area contributed by atoms with Crippen LogP contribution in [0, 0.1) is 0 Å². The van der Waals surface area contributed by atoms with Crippen LogP contribution in [0.3, 0.4) is 0 Å². The lowest BCUT2D eigenvalue weighted by atomic mass is 10.2. The SMILES string of the molecule is CCC(O)C(F)(Cl)C(F)Cl. The number of rotatable bonds is 3. The molecule has 0 spiro atoms. The van der Waals surface area contributed by atoms with E-state index in [-0.39, 0.29) is 6.42 Å². The monoisotopic (exact) mass is 192 g/mol. The van der Waals surface area contributed by atoms with Crippen molar-refractivity contribution in [2.24, 2.45) is 0 Å². The van der Waals surface area contributed by atoms with Gasteiger partial charge in [0.2, 0.25) is 5.63 Å². The fourth-order valence-corrected chi connectivity index (χ4v) is 0.717. The van der Waals surface area contributed by atoms with Crippen molar-refractivity contribution in [2.45, 2.75) is 30.2 Å². The van der Waals surface area contributed by atoms with Gasteiger partial charge < -0.3 is 5.11 Å². The van der Waals surface area contributed by atoms with Gasteiger partial charge >= 0.3 is 0 Å². The molecule has 0 saturated heterocycles. The second-order valence-corrected chi connectivity index (χ2v) is 2.86. The molecular weight excluding hydrogens is 185 g/mol. The van der Waals surface area contributed by atoms with E-state index in [1.807, 2.05) is 0 Å². The van der Waals surface area contributed by atoms with Crippen molar-refractivity contribution in [2.75, 3.05) is 0 Å². The lowest BCUT2D eigenvalue weighted by Crippen LogP contribution is -2.38. The van der Waals surface area contributed by atoms with E-state index in [4.69, 9.17) is 28.3 Å². The third-order valence-electron chi connectivity index (χ3n) is 1.12. The van der Waals surface area contributed by atoms with Gasteiger partial charge in [-0.2, -0.15) is 0 Å². The Hall–Kier alpha value is 0.400. The number of hydrogen-bond acceptors (Lipinski definition) is 1. The second-order valence-electron chi connectivity index (χ2n) is 1.90. The summed E-state index contributed by atoms with van der Waals surface area (Å²) >= 11 is 9.61. The molecule has 0 aliphatic heterocycles. The highest BCUT2D eigenvalue weighted by molar-refractivity contribution is 6.31. The van der Waals surface area contributed by atoms with Crippen molar-refractivity contribution >= 4 is 23.2 Å². The van der Waals surface area contributed by atoms with Gasteiger partial charge in [0.25, 0.3) is 5.13 Å². The summed E-state index contributed by atoms with van der Waals surface area (Å²) in [6.07, 6.45) is -1.55. The second kappa shape index (κ2) is 3.69. The number of aliphatic hydroxyl groups is 1. The largest absolute Gasteiger partial charge is 0.388 e. The molecule has 10 heavy (non-hydrogen) atoms. The minimum absolute atomic E-state index is 0.0210. The maximum atomic E-state index is 12.6. The van der Waals surface area contributed by atoms with Crippen LogP contribution < -0.4 is 0 Å². The van der Waals surface area contributed by atoms with Crippen LogP contribution in [0.5, 0.6) is 0 Å². The van der Waals surface area contributed by atoms with E-state index >= 15 is 0 Å². The summed E-state index contributed by atoms with van der Waals surface area (Å²) in [5.41, 5.74) is -2.39. The van der Waals surface area contributed by atoms with Gasteiger partial charge in [0.1, 0.15) is 6.10 Å². The molecule has 3 unspecified atom stereocenters. The first-order valence-electron chi connectivity index (χ1n) is 2.77. The zero-order valence-corrected chi connectivity index (χ0v) is 6.83. The fraction of sp³-hybridized carbons (Fsp3) is 1.00. The molecule has 1 N–H and O–H groups in total. The van der Waals surface area contributed by atoms with E-state index < -0.39 is 16.9 Å². The molecule has 0 bridgehead atoms. The molecule has 0 saturated carbocycles. The normalized spacial score (nSPS) is 23.4. The van der Waals surface area contributed by atoms with Crippen molar-refractivity contribution in [1.29, 1.82) is 0 Å². The Balaban J connectivity index is 4.09. The van der Waals surface area contributed by atoms with Gasteiger partial charge in [-0.05, 0) is 6.42 Å². The van der Waals surface area contributed by atoms with Gasteiger partial charge in [-0.25, -0.2) is 8.78 Å². The lowest BCUT2D eigenvalue weighted by Gasteiger charge is -2.22. The standard InChI is InChI=1S/C5H8Cl2F2O/c1-2-3(10)5(7,9)4(6)8/h3-4,10H,2H2,1H3. The Morgan fingerprint density at radius 1 is 1.70 bits per heavy atom. The topological polar surface area (TPSA) is 20.2 Å². The summed E-state index contributed by atoms with van der Waals surface area (Å²) in [6, 6.07) is 0. The van der Waals surface area contributed by atoms with Crippen LogP contribution in [0.2, 0.25) is 0 Å². The minimum atomic E-state index is -2.86. The van der Waals surface area contributed by atoms with Crippen LogP contribution in [0.1, 0.15) is 13.3 Å². The molecule has 1 nitrogen and oxygen atoms in total. The van der Waals surface area contributed by atoms with Gasteiger partial charge in [-0.15, -0.1) is 0 Å². The minimum Gasteiger partial charge on any atom is -0.388 e. The molecule has 0 aromatic rings. The Morgan fingerprint density at radius 2 is 2.10 bits per heavy atom. The first-order valence-corrected chi connectivity index (χ1v) is 3.58. The molecule has 0 amide bonds. The van der Waals surface area contributed by atoms with Crippen molar-refractivity contribution in [3.05, 3.63) is 0 Å². The number of halogens is 4. The molecule has 0 aromatic heterocycles. The Kier molecular flexibility index (Phi) is 3.84. The predicted molar refractivity (Wildman–Crippen MR) is 36.7 cm³/mol. The van der Waals surface area contributed by atoms with Gasteiger partial charge in [-0.1, -0.05) is 30.1 Å². The van der Waals surface area contributed by atoms with Gasteiger partial charge in [0, 0.05) is 0 Å². The third kappa shape index (κ3) is 2.22. The predicted octanol–water partition coefficient (Wildman–Crippen LogP) is 2.20. The van der Waals surface area contributed by atoms with Crippen molar-refractivity contribution in [3.63, 3.8) is 0 Å². The zero-order valence-electron chi connectivity index (χ0n) is 5.32. The van der Waals surface area contributed by atoms with Crippen LogP contribution >= 0.6 is 23.2 Å². The summed E-state index contributed by atoms with van der Waals surface area (Å²) in [5.74, 6) is 0. The van der Waals surface area contributed by atoms with Crippen LogP contribution in [0.25, 0.3) is 0 Å². The van der Waals surface area contributed by atoms with Crippen molar-refractivity contribution in [3.8, 4) is 0 Å². The van der Waals surface area contributed by atoms with Crippen molar-refractivity contribution < 1.29 is 13.9 Å². The molecular formula is C5H8Cl2F2O. The van der Waals surface area contributed by atoms with Gasteiger partial charge in [0.05, 0.1) is 0 Å². The van der Waals surface area contributed by atoms with E-state index in [9.17, 15) is 8.78 Å². The summed E-state index contributed by atoms with van der Waals surface area (Å²) in [4.78, 5) is 0. The molecule has 0 aliphatic carbocycles. The van der Waals surface area contributed by atoms with E-state index in [1.165, 1.54) is 6.92 Å². The van der Waals surface area contributed by atoms with Crippen LogP contribution in [-0.2, 0) is 0 Å². The molecule has 62 valence electrons. The van der Waals surface area contributed by atoms with Gasteiger partial charge in [0.15, 0.2) is 0 Å². The quantitative estimate of drug-likeness (QED) is 0.681. The molecule has 0 radical (unpaired) electrons. The Bertz CT molecular complexity index is 108. The van der Waals surface area contributed by atoms with E-state index in [0.717, 1.165) is 0 Å². The van der Waals surface area contributed by atoms with Crippen LogP contribution in [0.15, 0.2) is 0 Å². The summed E-state index contributed by atoms with van der Waals surface area (Å²) in [6.45, 7) is 1.47. The molecule has 0 heterocycles. The molecule has 3 atom stereocenters. The molecule has 0 rings (SSSR count). The van der Waals surface area contributed by atoms with E-state index in [0.29, 0.717) is 0 Å². The first kappa shape index (κ1) is 10.4. The Morgan fingerprint density at radius 3 is 2.20 bits per heavy atom. The van der Waals surface area contributed by atoms with E-state index in [1.54, 1.807) is 0 Å². The summed E-state index contributed by atoms with van der Waals surface area (Å²) < 4.78 is 24.6. The smallest absolute Gasteiger partial charge is 0.253 e. The number of alkyl halides is 4. The van der Waals surface area contributed by atoms with Crippen molar-refractivity contribution in [1.82, 2.24) is 0 Å². The number of hydrogen-bond donors (Lipinski definition) is 1. The summed E-state index contributed by atoms with van der Waals surface area (Å²) in [5, 5.41) is 5.86. The third-order valence-corrected chi connectivity index (χ3v) is 1.99. The highest BCUT2D eigenvalue weighted by Crippen LogP contribution is 2.32. The average molecular weight is 193 g/mol. The average Bonchev–Trinajstić information content (AvgIpc) is 1.86. The molecule has 5 heteroatoms. The number of aliphatic hydroxyl groups excluding tert-OH is 1. The summed E-state index contributed by atoms with van der Waals surface area (Å²) in [7, 11) is 0. The fourth-order valence-electron chi connectivity index (χ4n) is 0.418. The molecule has 0 fully saturated rings. The molecule has 0 aromatic carbocycles. The van der Waals surface area contributed by atoms with Crippen LogP contribution in [-0.4, -0.2) is 22.0 Å². The van der Waals surface area contributed by atoms with Crippen LogP contribution in [0.4, 0.5) is 8.78 Å². The highest BCUT2D eigenvalue weighted by Gasteiger charge is 2.42. The first-order chi connectivity index (χ1) is 4.42. The van der Waals surface area contributed by atoms with Gasteiger partial charge in [-0.3, -0.25) is 0 Å². The lowest BCUT2D eigenvalue weighted by molar-refractivity contribution is 0.0189. The highest BCUT2D eigenvalue weighted by atomic mass is 35.5. The maximum absolute atomic E-state index is 12.6. The Labute approximate surface area is 67.9 Å². The van der Waals surface area contributed by atoms with E-state index in [2.05, 4.69) is 0 Å². The zero-order chi connectivity index (χ0) is 8.36.